The van der Waals surface area contributed by atoms with Gasteiger partial charge in [0, 0.05) is 0 Å². The van der Waals surface area contributed by atoms with Gasteiger partial charge in [0.05, 0.1) is 12.2 Å². The van der Waals surface area contributed by atoms with Crippen LogP contribution in [0.1, 0.15) is 78.1 Å². The van der Waals surface area contributed by atoms with Gasteiger partial charge in [-0.2, -0.15) is 0 Å². The molecule has 0 aromatic rings. The zero-order valence-electron chi connectivity index (χ0n) is 10.6. The highest BCUT2D eigenvalue weighted by Gasteiger charge is 2.15. The Hall–Kier alpha value is -0.0400. The number of hydrogen-bond acceptors (Lipinski definition) is 1. The Labute approximate surface area is 95.6 Å². The minimum atomic E-state index is 0.501. The lowest BCUT2D eigenvalue weighted by Gasteiger charge is -2.25. The van der Waals surface area contributed by atoms with Crippen LogP contribution in [0.2, 0.25) is 0 Å². The summed E-state index contributed by atoms with van der Waals surface area (Å²) in [6, 6.07) is 0. The molecular formula is C14H28O. The molecule has 1 aliphatic rings. The van der Waals surface area contributed by atoms with E-state index in [0.717, 1.165) is 0 Å². The van der Waals surface area contributed by atoms with Crippen LogP contribution in [-0.4, -0.2) is 12.2 Å². The van der Waals surface area contributed by atoms with Crippen LogP contribution in [0.25, 0.3) is 0 Å². The Bertz CT molecular complexity index is 144. The van der Waals surface area contributed by atoms with Gasteiger partial charge >= 0.3 is 0 Å². The zero-order chi connectivity index (χ0) is 10.9. The summed E-state index contributed by atoms with van der Waals surface area (Å²) in [6.45, 7) is 4.51. The molecular weight excluding hydrogens is 184 g/mol. The van der Waals surface area contributed by atoms with Gasteiger partial charge in [-0.3, -0.25) is 0 Å². The van der Waals surface area contributed by atoms with Gasteiger partial charge in [0.1, 0.15) is 0 Å². The summed E-state index contributed by atoms with van der Waals surface area (Å²) in [4.78, 5) is 0. The summed E-state index contributed by atoms with van der Waals surface area (Å²) in [6.07, 6.45) is 14.6. The van der Waals surface area contributed by atoms with E-state index in [4.69, 9.17) is 4.74 Å². The molecule has 1 aliphatic heterocycles. The van der Waals surface area contributed by atoms with Crippen LogP contribution < -0.4 is 0 Å². The normalized spacial score (nSPS) is 28.4. The maximum Gasteiger partial charge on any atom is 0.0578 e. The molecule has 15 heavy (non-hydrogen) atoms. The largest absolute Gasteiger partial charge is 0.375 e. The van der Waals surface area contributed by atoms with Crippen molar-refractivity contribution < 1.29 is 4.74 Å². The van der Waals surface area contributed by atoms with Crippen LogP contribution in [0.15, 0.2) is 0 Å². The fraction of sp³-hybridized carbons (Fsp3) is 1.00. The van der Waals surface area contributed by atoms with Crippen LogP contribution >= 0.6 is 0 Å². The molecule has 2 atom stereocenters. The average Bonchev–Trinajstić information content (AvgIpc) is 2.19. The Morgan fingerprint density at radius 2 is 1.80 bits per heavy atom. The minimum absolute atomic E-state index is 0.501. The molecule has 0 unspecified atom stereocenters. The van der Waals surface area contributed by atoms with E-state index in [9.17, 15) is 0 Å². The molecule has 0 N–H and O–H groups in total. The summed E-state index contributed by atoms with van der Waals surface area (Å²) in [5.74, 6) is 0. The molecule has 0 radical (unpaired) electrons. The van der Waals surface area contributed by atoms with E-state index in [-0.39, 0.29) is 0 Å². The third-order valence-corrected chi connectivity index (χ3v) is 3.44. The molecule has 0 spiro atoms. The standard InChI is InChI=1S/C14H28O/c1-3-4-5-8-11-14-12-9-6-7-10-13(2)15-14/h13-14H,3-12H2,1-2H3/t13-,14+/m1/s1. The van der Waals surface area contributed by atoms with Crippen LogP contribution in [0, 0.1) is 0 Å². The molecule has 1 nitrogen and oxygen atoms in total. The molecule has 0 amide bonds. The molecule has 0 bridgehead atoms. The first-order valence-corrected chi connectivity index (χ1v) is 6.98. The van der Waals surface area contributed by atoms with Crippen LogP contribution in [0.5, 0.6) is 0 Å². The van der Waals surface area contributed by atoms with Crippen molar-refractivity contribution in [3.63, 3.8) is 0 Å². The van der Waals surface area contributed by atoms with Gasteiger partial charge in [-0.1, -0.05) is 51.9 Å². The average molecular weight is 212 g/mol. The second-order valence-electron chi connectivity index (χ2n) is 5.06. The molecule has 0 aromatic heterocycles. The smallest absolute Gasteiger partial charge is 0.0578 e. The number of unbranched alkanes of at least 4 members (excludes halogenated alkanes) is 3. The lowest BCUT2D eigenvalue weighted by Crippen LogP contribution is -2.22. The number of ether oxygens (including phenoxy) is 1. The van der Waals surface area contributed by atoms with Gasteiger partial charge in [-0.15, -0.1) is 0 Å². The van der Waals surface area contributed by atoms with E-state index in [1.54, 1.807) is 0 Å². The van der Waals surface area contributed by atoms with Gasteiger partial charge in [0.2, 0.25) is 0 Å². The van der Waals surface area contributed by atoms with Crippen molar-refractivity contribution in [2.24, 2.45) is 0 Å². The monoisotopic (exact) mass is 212 g/mol. The Kier molecular flexibility index (Phi) is 7.08. The van der Waals surface area contributed by atoms with Crippen LogP contribution in [0.4, 0.5) is 0 Å². The predicted molar refractivity (Wildman–Crippen MR) is 66.2 cm³/mol. The first-order chi connectivity index (χ1) is 7.33. The van der Waals surface area contributed by atoms with Gasteiger partial charge in [-0.25, -0.2) is 0 Å². The third-order valence-electron chi connectivity index (χ3n) is 3.44. The van der Waals surface area contributed by atoms with E-state index in [0.29, 0.717) is 12.2 Å². The fourth-order valence-electron chi connectivity index (χ4n) is 2.46. The molecule has 1 saturated heterocycles. The SMILES string of the molecule is CCCCCC[C@H]1CCCCC[C@@H](C)O1. The van der Waals surface area contributed by atoms with Crippen molar-refractivity contribution in [3.05, 3.63) is 0 Å². The Morgan fingerprint density at radius 1 is 1.00 bits per heavy atom. The molecule has 1 fully saturated rings. The molecule has 90 valence electrons. The maximum atomic E-state index is 6.07. The summed E-state index contributed by atoms with van der Waals surface area (Å²) in [5, 5.41) is 0. The molecule has 0 aliphatic carbocycles. The fourth-order valence-corrected chi connectivity index (χ4v) is 2.46. The van der Waals surface area contributed by atoms with E-state index in [2.05, 4.69) is 13.8 Å². The molecule has 0 saturated carbocycles. The van der Waals surface area contributed by atoms with Gasteiger partial charge in [-0.05, 0) is 26.2 Å². The van der Waals surface area contributed by atoms with Crippen molar-refractivity contribution in [3.8, 4) is 0 Å². The zero-order valence-corrected chi connectivity index (χ0v) is 10.6. The molecule has 1 rings (SSSR count). The van der Waals surface area contributed by atoms with Crippen LogP contribution in [0.3, 0.4) is 0 Å². The van der Waals surface area contributed by atoms with E-state index in [1.165, 1.54) is 64.2 Å². The number of hydrogen-bond donors (Lipinski definition) is 0. The van der Waals surface area contributed by atoms with Crippen LogP contribution in [-0.2, 0) is 4.74 Å². The summed E-state index contributed by atoms with van der Waals surface area (Å²) in [5.41, 5.74) is 0. The highest BCUT2D eigenvalue weighted by atomic mass is 16.5. The topological polar surface area (TPSA) is 9.23 Å². The highest BCUT2D eigenvalue weighted by Crippen LogP contribution is 2.21. The summed E-state index contributed by atoms with van der Waals surface area (Å²) >= 11 is 0. The van der Waals surface area contributed by atoms with E-state index >= 15 is 0 Å². The quantitative estimate of drug-likeness (QED) is 0.600. The molecule has 0 aromatic carbocycles. The van der Waals surface area contributed by atoms with Crippen molar-refractivity contribution >= 4 is 0 Å². The first-order valence-electron chi connectivity index (χ1n) is 6.98. The Morgan fingerprint density at radius 3 is 2.60 bits per heavy atom. The Balaban J connectivity index is 2.13. The highest BCUT2D eigenvalue weighted by molar-refractivity contribution is 4.65. The maximum absolute atomic E-state index is 6.07. The third kappa shape index (κ3) is 6.19. The van der Waals surface area contributed by atoms with Crippen molar-refractivity contribution in [2.45, 2.75) is 90.3 Å². The van der Waals surface area contributed by atoms with Gasteiger partial charge in [0.15, 0.2) is 0 Å². The van der Waals surface area contributed by atoms with E-state index < -0.39 is 0 Å². The molecule has 1 heterocycles. The van der Waals surface area contributed by atoms with Gasteiger partial charge in [0.25, 0.3) is 0 Å². The van der Waals surface area contributed by atoms with Crippen molar-refractivity contribution in [1.82, 2.24) is 0 Å². The second kappa shape index (κ2) is 8.15. The summed E-state index contributed by atoms with van der Waals surface area (Å²) < 4.78 is 6.07. The lowest BCUT2D eigenvalue weighted by molar-refractivity contribution is -0.0247. The predicted octanol–water partition coefficient (Wildman–Crippen LogP) is 4.69. The second-order valence-corrected chi connectivity index (χ2v) is 5.06. The van der Waals surface area contributed by atoms with Crippen molar-refractivity contribution in [1.29, 1.82) is 0 Å². The first kappa shape index (κ1) is 13.0. The number of rotatable bonds is 5. The lowest BCUT2D eigenvalue weighted by atomic mass is 10.00. The van der Waals surface area contributed by atoms with Crippen molar-refractivity contribution in [2.75, 3.05) is 0 Å². The molecule has 1 heteroatoms. The van der Waals surface area contributed by atoms with E-state index in [1.807, 2.05) is 0 Å². The minimum Gasteiger partial charge on any atom is -0.375 e. The van der Waals surface area contributed by atoms with Gasteiger partial charge < -0.3 is 4.74 Å². The summed E-state index contributed by atoms with van der Waals surface area (Å²) in [7, 11) is 0.